The van der Waals surface area contributed by atoms with Crippen LogP contribution in [0.1, 0.15) is 23.1 Å². The maximum Gasteiger partial charge on any atom is 0.260 e. The molecule has 2 saturated heterocycles. The van der Waals surface area contributed by atoms with Crippen molar-refractivity contribution >= 4 is 15.7 Å². The predicted molar refractivity (Wildman–Crippen MR) is 100 cm³/mol. The second kappa shape index (κ2) is 7.56. The van der Waals surface area contributed by atoms with E-state index in [4.69, 9.17) is 4.74 Å². The number of sulfone groups is 1. The lowest BCUT2D eigenvalue weighted by Gasteiger charge is -2.35. The summed E-state index contributed by atoms with van der Waals surface area (Å²) in [7, 11) is -2.85. The Kier molecular flexibility index (Phi) is 5.58. The Bertz CT molecular complexity index is 760. The standard InChI is InChI=1S/C19H28N2O4S/c1-14-10-15(2)19(16(3)11-14)25-12-18(22)21-7-5-20(6-8-21)17-4-9-26(23,24)13-17/h10-11,17H,4-9,12-13H2,1-3H3/p+1/t17-/m0/s1. The molecule has 3 rings (SSSR count). The number of nitrogens with zero attached hydrogens (tertiary/aromatic N) is 1. The summed E-state index contributed by atoms with van der Waals surface area (Å²) >= 11 is 0. The van der Waals surface area contributed by atoms with Crippen LogP contribution in [0.2, 0.25) is 0 Å². The van der Waals surface area contributed by atoms with E-state index in [1.165, 1.54) is 10.5 Å². The normalized spacial score (nSPS) is 23.2. The van der Waals surface area contributed by atoms with Crippen LogP contribution < -0.4 is 9.64 Å². The molecular formula is C19H29N2O4S+. The van der Waals surface area contributed by atoms with E-state index in [9.17, 15) is 13.2 Å². The third kappa shape index (κ3) is 4.38. The van der Waals surface area contributed by atoms with E-state index in [-0.39, 0.29) is 18.6 Å². The highest BCUT2D eigenvalue weighted by Crippen LogP contribution is 2.24. The summed E-state index contributed by atoms with van der Waals surface area (Å²) in [6, 6.07) is 4.32. The first-order valence-electron chi connectivity index (χ1n) is 9.28. The molecule has 2 aliphatic rings. The Labute approximate surface area is 156 Å². The van der Waals surface area contributed by atoms with Crippen molar-refractivity contribution < 1.29 is 22.8 Å². The number of piperazine rings is 1. The highest BCUT2D eigenvalue weighted by atomic mass is 32.2. The number of hydrogen-bond donors (Lipinski definition) is 1. The van der Waals surface area contributed by atoms with Crippen molar-refractivity contribution in [2.75, 3.05) is 44.3 Å². The largest absolute Gasteiger partial charge is 0.483 e. The second-order valence-corrected chi connectivity index (χ2v) is 9.88. The monoisotopic (exact) mass is 381 g/mol. The van der Waals surface area contributed by atoms with Crippen molar-refractivity contribution in [1.29, 1.82) is 0 Å². The van der Waals surface area contributed by atoms with Crippen LogP contribution >= 0.6 is 0 Å². The van der Waals surface area contributed by atoms with Gasteiger partial charge in [0, 0.05) is 6.42 Å². The van der Waals surface area contributed by atoms with Crippen molar-refractivity contribution in [3.05, 3.63) is 28.8 Å². The molecule has 7 heteroatoms. The summed E-state index contributed by atoms with van der Waals surface area (Å²) in [6.45, 7) is 9.06. The smallest absolute Gasteiger partial charge is 0.260 e. The minimum absolute atomic E-state index is 0.00229. The molecule has 1 aromatic carbocycles. The first-order valence-corrected chi connectivity index (χ1v) is 11.1. The molecule has 26 heavy (non-hydrogen) atoms. The SMILES string of the molecule is Cc1cc(C)c(OCC(=O)N2CC[NH+]([C@H]3CCS(=O)(=O)C3)CC2)c(C)c1. The average molecular weight is 382 g/mol. The number of benzene rings is 1. The number of carbonyl (C=O) groups is 1. The molecule has 6 nitrogen and oxygen atoms in total. The van der Waals surface area contributed by atoms with Gasteiger partial charge in [0.1, 0.15) is 17.5 Å². The fourth-order valence-electron chi connectivity index (χ4n) is 4.19. The third-order valence-electron chi connectivity index (χ3n) is 5.51. The lowest BCUT2D eigenvalue weighted by molar-refractivity contribution is -0.925. The van der Waals surface area contributed by atoms with Crippen molar-refractivity contribution in [3.8, 4) is 5.75 Å². The zero-order valence-corrected chi connectivity index (χ0v) is 16.7. The summed E-state index contributed by atoms with van der Waals surface area (Å²) < 4.78 is 29.1. The molecule has 0 aliphatic carbocycles. The van der Waals surface area contributed by atoms with Gasteiger partial charge in [-0.25, -0.2) is 8.42 Å². The van der Waals surface area contributed by atoms with Crippen LogP contribution in [0.15, 0.2) is 12.1 Å². The Balaban J connectivity index is 1.50. The zero-order chi connectivity index (χ0) is 18.9. The van der Waals surface area contributed by atoms with Crippen molar-refractivity contribution in [2.24, 2.45) is 0 Å². The van der Waals surface area contributed by atoms with Gasteiger partial charge in [0.15, 0.2) is 16.4 Å². The minimum atomic E-state index is -2.85. The molecule has 1 amide bonds. The summed E-state index contributed by atoms with van der Waals surface area (Å²) in [5.74, 6) is 1.41. The second-order valence-electron chi connectivity index (χ2n) is 7.66. The van der Waals surface area contributed by atoms with Gasteiger partial charge in [-0.1, -0.05) is 17.7 Å². The van der Waals surface area contributed by atoms with Gasteiger partial charge >= 0.3 is 0 Å². The number of hydrogen-bond acceptors (Lipinski definition) is 4. The quantitative estimate of drug-likeness (QED) is 0.791. The van der Waals surface area contributed by atoms with Gasteiger partial charge in [-0.3, -0.25) is 4.79 Å². The van der Waals surface area contributed by atoms with Gasteiger partial charge in [-0.2, -0.15) is 0 Å². The van der Waals surface area contributed by atoms with Gasteiger partial charge in [-0.05, 0) is 31.9 Å². The Morgan fingerprint density at radius 2 is 1.81 bits per heavy atom. The molecule has 0 saturated carbocycles. The van der Waals surface area contributed by atoms with Crippen LogP contribution in [-0.2, 0) is 14.6 Å². The van der Waals surface area contributed by atoms with Gasteiger partial charge in [0.05, 0.1) is 31.9 Å². The molecule has 0 radical (unpaired) electrons. The molecule has 0 aromatic heterocycles. The maximum atomic E-state index is 12.5. The zero-order valence-electron chi connectivity index (χ0n) is 15.9. The van der Waals surface area contributed by atoms with Gasteiger partial charge in [0.2, 0.25) is 0 Å². The highest BCUT2D eigenvalue weighted by molar-refractivity contribution is 7.91. The first-order chi connectivity index (χ1) is 12.2. The predicted octanol–water partition coefficient (Wildman–Crippen LogP) is -0.0951. The van der Waals surface area contributed by atoms with E-state index in [1.807, 2.05) is 25.7 Å². The molecule has 2 fully saturated rings. The summed E-state index contributed by atoms with van der Waals surface area (Å²) in [5, 5.41) is 0. The number of amides is 1. The number of ether oxygens (including phenoxy) is 1. The Morgan fingerprint density at radius 3 is 2.35 bits per heavy atom. The van der Waals surface area contributed by atoms with Crippen LogP contribution in [0.3, 0.4) is 0 Å². The Hall–Kier alpha value is -1.60. The molecule has 0 spiro atoms. The average Bonchev–Trinajstić information content (AvgIpc) is 2.94. The third-order valence-corrected chi connectivity index (χ3v) is 7.28. The summed E-state index contributed by atoms with van der Waals surface area (Å²) in [4.78, 5) is 15.6. The van der Waals surface area contributed by atoms with Crippen LogP contribution in [0.25, 0.3) is 0 Å². The number of quaternary nitrogens is 1. The molecule has 0 unspecified atom stereocenters. The minimum Gasteiger partial charge on any atom is -0.483 e. The molecule has 0 bridgehead atoms. The molecular weight excluding hydrogens is 352 g/mol. The van der Waals surface area contributed by atoms with Crippen LogP contribution in [0.4, 0.5) is 0 Å². The van der Waals surface area contributed by atoms with Crippen LogP contribution in [0, 0.1) is 20.8 Å². The number of carbonyl (C=O) groups excluding carboxylic acids is 1. The van der Waals surface area contributed by atoms with Crippen molar-refractivity contribution in [1.82, 2.24) is 4.90 Å². The lowest BCUT2D eigenvalue weighted by Crippen LogP contribution is -3.18. The van der Waals surface area contributed by atoms with E-state index < -0.39 is 9.84 Å². The maximum absolute atomic E-state index is 12.5. The van der Waals surface area contributed by atoms with Crippen molar-refractivity contribution in [2.45, 2.75) is 33.2 Å². The fourth-order valence-corrected chi connectivity index (χ4v) is 6.01. The van der Waals surface area contributed by atoms with Gasteiger partial charge in [-0.15, -0.1) is 0 Å². The van der Waals surface area contributed by atoms with Crippen LogP contribution in [0.5, 0.6) is 5.75 Å². The summed E-state index contributed by atoms with van der Waals surface area (Å²) in [6.07, 6.45) is 0.751. The molecule has 2 aliphatic heterocycles. The molecule has 1 atom stereocenters. The van der Waals surface area contributed by atoms with E-state index in [2.05, 4.69) is 12.1 Å². The summed E-state index contributed by atoms with van der Waals surface area (Å²) in [5.41, 5.74) is 3.28. The van der Waals surface area contributed by atoms with E-state index in [0.29, 0.717) is 24.6 Å². The topological polar surface area (TPSA) is 68.1 Å². The molecule has 2 heterocycles. The van der Waals surface area contributed by atoms with E-state index in [0.717, 1.165) is 36.4 Å². The number of nitrogens with one attached hydrogen (secondary N) is 1. The van der Waals surface area contributed by atoms with Crippen molar-refractivity contribution in [3.63, 3.8) is 0 Å². The number of rotatable bonds is 4. The lowest BCUT2D eigenvalue weighted by atomic mass is 10.1. The molecule has 1 N–H and O–H groups in total. The van der Waals surface area contributed by atoms with Crippen LogP contribution in [-0.4, -0.2) is 69.6 Å². The fraction of sp³-hybridized carbons (Fsp3) is 0.632. The first kappa shape index (κ1) is 19.2. The Morgan fingerprint density at radius 1 is 1.19 bits per heavy atom. The molecule has 144 valence electrons. The highest BCUT2D eigenvalue weighted by Gasteiger charge is 2.37. The van der Waals surface area contributed by atoms with Gasteiger partial charge in [0.25, 0.3) is 5.91 Å². The van der Waals surface area contributed by atoms with Gasteiger partial charge < -0.3 is 14.5 Å². The van der Waals surface area contributed by atoms with E-state index >= 15 is 0 Å². The molecule has 1 aromatic rings. The van der Waals surface area contributed by atoms with E-state index in [1.54, 1.807) is 0 Å². The number of aryl methyl sites for hydroxylation is 3.